The molecule has 3 aromatic rings. The quantitative estimate of drug-likeness (QED) is 0.693. The summed E-state index contributed by atoms with van der Waals surface area (Å²) in [7, 11) is 0. The van der Waals surface area contributed by atoms with E-state index in [4.69, 9.17) is 0 Å². The number of nitrogens with one attached hydrogen (secondary N) is 2. The number of nitrogens with zero attached hydrogens (tertiary/aromatic N) is 2. The van der Waals surface area contributed by atoms with Crippen LogP contribution in [-0.2, 0) is 22.7 Å². The van der Waals surface area contributed by atoms with Crippen molar-refractivity contribution in [3.63, 3.8) is 0 Å². The molecule has 0 unspecified atom stereocenters. The molecule has 1 aliphatic rings. The van der Waals surface area contributed by atoms with Crippen LogP contribution in [0.15, 0.2) is 42.5 Å². The average Bonchev–Trinajstić information content (AvgIpc) is 3.47. The predicted molar refractivity (Wildman–Crippen MR) is 109 cm³/mol. The second kappa shape index (κ2) is 7.46. The Morgan fingerprint density at radius 1 is 1.11 bits per heavy atom. The maximum absolute atomic E-state index is 12.7. The highest BCUT2D eigenvalue weighted by Crippen LogP contribution is 2.29. The number of anilines is 1. The molecule has 28 heavy (non-hydrogen) atoms. The van der Waals surface area contributed by atoms with Gasteiger partial charge in [-0.2, -0.15) is 0 Å². The van der Waals surface area contributed by atoms with Crippen LogP contribution in [0.3, 0.4) is 0 Å². The first-order valence-electron chi connectivity index (χ1n) is 9.60. The monoisotopic (exact) mass is 376 g/mol. The van der Waals surface area contributed by atoms with Crippen LogP contribution in [0.2, 0.25) is 0 Å². The number of para-hydroxylation sites is 2. The van der Waals surface area contributed by atoms with Crippen LogP contribution in [0.25, 0.3) is 11.0 Å². The highest BCUT2D eigenvalue weighted by molar-refractivity contribution is 5.92. The average molecular weight is 376 g/mol. The topological polar surface area (TPSA) is 76.0 Å². The molecule has 0 saturated heterocycles. The van der Waals surface area contributed by atoms with Gasteiger partial charge in [-0.3, -0.25) is 9.59 Å². The van der Waals surface area contributed by atoms with Crippen LogP contribution < -0.4 is 10.6 Å². The van der Waals surface area contributed by atoms with Gasteiger partial charge in [-0.05, 0) is 62.1 Å². The molecule has 2 amide bonds. The number of benzene rings is 2. The van der Waals surface area contributed by atoms with E-state index >= 15 is 0 Å². The molecule has 0 spiro atoms. The SMILES string of the molecule is Cc1ccc(NC(=O)Cn2c(CNC(=O)C3CC3)nc3ccccc32)cc1C. The lowest BCUT2D eigenvalue weighted by molar-refractivity contribution is -0.122. The lowest BCUT2D eigenvalue weighted by Gasteiger charge is -2.11. The maximum atomic E-state index is 12.7. The molecule has 6 nitrogen and oxygen atoms in total. The molecule has 0 atom stereocenters. The molecule has 1 heterocycles. The first-order valence-corrected chi connectivity index (χ1v) is 9.60. The molecule has 2 aromatic carbocycles. The lowest BCUT2D eigenvalue weighted by Crippen LogP contribution is -2.27. The summed E-state index contributed by atoms with van der Waals surface area (Å²) < 4.78 is 1.87. The molecule has 144 valence electrons. The molecule has 1 saturated carbocycles. The molecule has 1 aliphatic carbocycles. The summed E-state index contributed by atoms with van der Waals surface area (Å²) in [5.41, 5.74) is 4.80. The van der Waals surface area contributed by atoms with Crippen LogP contribution in [0.1, 0.15) is 29.8 Å². The molecule has 0 bridgehead atoms. The van der Waals surface area contributed by atoms with E-state index in [-0.39, 0.29) is 24.3 Å². The third-order valence-electron chi connectivity index (χ3n) is 5.19. The van der Waals surface area contributed by atoms with Crippen LogP contribution in [0, 0.1) is 19.8 Å². The number of hydrogen-bond donors (Lipinski definition) is 2. The van der Waals surface area contributed by atoms with Crippen molar-refractivity contribution in [3.8, 4) is 0 Å². The zero-order valence-corrected chi connectivity index (χ0v) is 16.2. The normalized spacial score (nSPS) is 13.5. The number of imidazole rings is 1. The molecule has 1 fully saturated rings. The lowest BCUT2D eigenvalue weighted by atomic mass is 10.1. The molecule has 1 aromatic heterocycles. The van der Waals surface area contributed by atoms with Gasteiger partial charge < -0.3 is 15.2 Å². The van der Waals surface area contributed by atoms with E-state index in [1.165, 1.54) is 5.56 Å². The van der Waals surface area contributed by atoms with E-state index in [1.807, 2.05) is 60.9 Å². The Balaban J connectivity index is 1.53. The number of fused-ring (bicyclic) bond motifs is 1. The van der Waals surface area contributed by atoms with Gasteiger partial charge in [-0.1, -0.05) is 18.2 Å². The fourth-order valence-electron chi connectivity index (χ4n) is 3.26. The number of aryl methyl sites for hydroxylation is 2. The van der Waals surface area contributed by atoms with Crippen LogP contribution >= 0.6 is 0 Å². The van der Waals surface area contributed by atoms with Crippen molar-refractivity contribution in [1.29, 1.82) is 0 Å². The van der Waals surface area contributed by atoms with E-state index in [9.17, 15) is 9.59 Å². The summed E-state index contributed by atoms with van der Waals surface area (Å²) in [5, 5.41) is 5.90. The summed E-state index contributed by atoms with van der Waals surface area (Å²) in [6.07, 6.45) is 1.92. The van der Waals surface area contributed by atoms with Crippen molar-refractivity contribution in [2.75, 3.05) is 5.32 Å². The van der Waals surface area contributed by atoms with Crippen molar-refractivity contribution >= 4 is 28.5 Å². The third kappa shape index (κ3) is 3.91. The van der Waals surface area contributed by atoms with Gasteiger partial charge in [0, 0.05) is 11.6 Å². The number of amides is 2. The smallest absolute Gasteiger partial charge is 0.244 e. The third-order valence-corrected chi connectivity index (χ3v) is 5.19. The number of carbonyl (C=O) groups is 2. The van der Waals surface area contributed by atoms with E-state index in [1.54, 1.807) is 0 Å². The Kier molecular flexibility index (Phi) is 4.86. The Labute approximate surface area is 164 Å². The molecule has 4 rings (SSSR count). The first kappa shape index (κ1) is 18.2. The zero-order chi connectivity index (χ0) is 19.7. The van der Waals surface area contributed by atoms with Crippen molar-refractivity contribution in [1.82, 2.24) is 14.9 Å². The number of hydrogen-bond acceptors (Lipinski definition) is 3. The Morgan fingerprint density at radius 2 is 1.89 bits per heavy atom. The highest BCUT2D eigenvalue weighted by Gasteiger charge is 2.29. The van der Waals surface area contributed by atoms with E-state index in [0.29, 0.717) is 12.4 Å². The molecular formula is C22H24N4O2. The predicted octanol–water partition coefficient (Wildman–Crippen LogP) is 3.32. The van der Waals surface area contributed by atoms with Gasteiger partial charge in [0.2, 0.25) is 11.8 Å². The van der Waals surface area contributed by atoms with Gasteiger partial charge in [-0.25, -0.2) is 4.98 Å². The number of rotatable bonds is 6. The van der Waals surface area contributed by atoms with Gasteiger partial charge in [0.05, 0.1) is 17.6 Å². The van der Waals surface area contributed by atoms with Crippen LogP contribution in [-0.4, -0.2) is 21.4 Å². The van der Waals surface area contributed by atoms with E-state index < -0.39 is 0 Å². The molecule has 2 N–H and O–H groups in total. The zero-order valence-electron chi connectivity index (χ0n) is 16.2. The van der Waals surface area contributed by atoms with Crippen molar-refractivity contribution in [2.45, 2.75) is 39.8 Å². The van der Waals surface area contributed by atoms with E-state index in [2.05, 4.69) is 15.6 Å². The fourth-order valence-corrected chi connectivity index (χ4v) is 3.26. The number of carbonyl (C=O) groups excluding carboxylic acids is 2. The van der Waals surface area contributed by atoms with Crippen molar-refractivity contribution in [2.24, 2.45) is 5.92 Å². The molecule has 0 radical (unpaired) electrons. The van der Waals surface area contributed by atoms with Crippen molar-refractivity contribution in [3.05, 3.63) is 59.4 Å². The fraction of sp³-hybridized carbons (Fsp3) is 0.318. The van der Waals surface area contributed by atoms with Gasteiger partial charge in [0.25, 0.3) is 0 Å². The Hall–Kier alpha value is -3.15. The summed E-state index contributed by atoms with van der Waals surface area (Å²) in [5.74, 6) is 0.774. The molecule has 6 heteroatoms. The standard InChI is InChI=1S/C22H24N4O2/c1-14-7-10-17(11-15(14)2)24-21(27)13-26-19-6-4-3-5-18(19)25-20(26)12-23-22(28)16-8-9-16/h3-7,10-11,16H,8-9,12-13H2,1-2H3,(H,23,28)(H,24,27). The highest BCUT2D eigenvalue weighted by atomic mass is 16.2. The second-order valence-electron chi connectivity index (χ2n) is 7.44. The minimum Gasteiger partial charge on any atom is -0.349 e. The number of aromatic nitrogens is 2. The Bertz CT molecular complexity index is 1050. The van der Waals surface area contributed by atoms with Crippen LogP contribution in [0.4, 0.5) is 5.69 Å². The second-order valence-corrected chi connectivity index (χ2v) is 7.44. The summed E-state index contributed by atoms with van der Waals surface area (Å²) >= 11 is 0. The van der Waals surface area contributed by atoms with Crippen LogP contribution in [0.5, 0.6) is 0 Å². The minimum absolute atomic E-state index is 0.0678. The van der Waals surface area contributed by atoms with E-state index in [0.717, 1.165) is 35.1 Å². The van der Waals surface area contributed by atoms with Gasteiger partial charge >= 0.3 is 0 Å². The first-order chi connectivity index (χ1) is 13.5. The summed E-state index contributed by atoms with van der Waals surface area (Å²) in [4.78, 5) is 29.3. The molecular weight excluding hydrogens is 352 g/mol. The minimum atomic E-state index is -0.124. The Morgan fingerprint density at radius 3 is 2.64 bits per heavy atom. The van der Waals surface area contributed by atoms with Gasteiger partial charge in [0.1, 0.15) is 12.4 Å². The largest absolute Gasteiger partial charge is 0.349 e. The molecule has 0 aliphatic heterocycles. The maximum Gasteiger partial charge on any atom is 0.244 e. The summed E-state index contributed by atoms with van der Waals surface area (Å²) in [6, 6.07) is 13.6. The van der Waals surface area contributed by atoms with Gasteiger partial charge in [0.15, 0.2) is 0 Å². The van der Waals surface area contributed by atoms with Gasteiger partial charge in [-0.15, -0.1) is 0 Å². The summed E-state index contributed by atoms with van der Waals surface area (Å²) in [6.45, 7) is 4.53. The van der Waals surface area contributed by atoms with Crippen molar-refractivity contribution < 1.29 is 9.59 Å².